The molecule has 0 saturated heterocycles. The predicted molar refractivity (Wildman–Crippen MR) is 209 cm³/mol. The molecule has 11 heteroatoms. The molecule has 278 valence electrons. The number of ether oxygens (including phenoxy) is 2. The van der Waals surface area contributed by atoms with Crippen molar-refractivity contribution in [3.8, 4) is 23.0 Å². The molecule has 2 aliphatic heterocycles. The number of hydrogen-bond donors (Lipinski definition) is 0. The number of aryl methyl sites for hydroxylation is 1. The number of benzene rings is 6. The summed E-state index contributed by atoms with van der Waals surface area (Å²) in [6.07, 6.45) is 0. The fraction of sp³-hybridized carbons (Fsp3) is 0.111. The molecule has 0 aromatic heterocycles. The number of carbonyl (C=O) groups is 4. The third-order valence-electron chi connectivity index (χ3n) is 10.3. The zero-order valence-corrected chi connectivity index (χ0v) is 31.6. The molecule has 0 bridgehead atoms. The Morgan fingerprint density at radius 2 is 0.875 bits per heavy atom. The van der Waals surface area contributed by atoms with Crippen LogP contribution < -0.4 is 14.4 Å². The molecule has 0 N–H and O–H groups in total. The van der Waals surface area contributed by atoms with Gasteiger partial charge in [-0.3, -0.25) is 24.1 Å². The number of fused-ring (bicyclic) bond motifs is 2. The maximum absolute atomic E-state index is 13.5. The van der Waals surface area contributed by atoms with Crippen LogP contribution in [0.4, 0.5) is 5.69 Å². The van der Waals surface area contributed by atoms with Crippen molar-refractivity contribution in [3.05, 3.63) is 172 Å². The van der Waals surface area contributed by atoms with E-state index in [4.69, 9.17) is 9.47 Å². The third kappa shape index (κ3) is 6.21. The van der Waals surface area contributed by atoms with Gasteiger partial charge in [0, 0.05) is 12.5 Å². The van der Waals surface area contributed by atoms with E-state index in [1.807, 2.05) is 55.5 Å². The molecule has 6 aromatic rings. The lowest BCUT2D eigenvalue weighted by Crippen LogP contribution is -2.29. The van der Waals surface area contributed by atoms with Crippen LogP contribution in [0.25, 0.3) is 0 Å². The Morgan fingerprint density at radius 3 is 1.38 bits per heavy atom. The number of hydrogen-bond acceptors (Lipinski definition) is 8. The highest BCUT2D eigenvalue weighted by Crippen LogP contribution is 2.37. The number of anilines is 1. The summed E-state index contributed by atoms with van der Waals surface area (Å²) < 4.78 is 38.4. The summed E-state index contributed by atoms with van der Waals surface area (Å²) in [6.45, 7) is 6.07. The molecule has 0 atom stereocenters. The second kappa shape index (κ2) is 13.5. The van der Waals surface area contributed by atoms with Crippen LogP contribution in [0.15, 0.2) is 143 Å². The average Bonchev–Trinajstić information content (AvgIpc) is 3.57. The third-order valence-corrected chi connectivity index (χ3v) is 12.1. The zero-order chi connectivity index (χ0) is 39.5. The van der Waals surface area contributed by atoms with Gasteiger partial charge in [0.1, 0.15) is 23.0 Å². The van der Waals surface area contributed by atoms with Crippen LogP contribution in [0.1, 0.15) is 72.0 Å². The zero-order valence-electron chi connectivity index (χ0n) is 30.8. The van der Waals surface area contributed by atoms with Gasteiger partial charge in [-0.05, 0) is 115 Å². The van der Waals surface area contributed by atoms with Crippen LogP contribution in [0, 0.1) is 6.92 Å². The molecule has 8 rings (SSSR count). The minimum atomic E-state index is -3.78. The van der Waals surface area contributed by atoms with Crippen molar-refractivity contribution in [1.82, 2.24) is 4.90 Å². The van der Waals surface area contributed by atoms with E-state index < -0.39 is 27.1 Å². The molecule has 2 heterocycles. The number of imide groups is 2. The van der Waals surface area contributed by atoms with E-state index in [0.717, 1.165) is 26.5 Å². The highest BCUT2D eigenvalue weighted by Gasteiger charge is 2.37. The smallest absolute Gasteiger partial charge is 0.266 e. The molecule has 0 unspecified atom stereocenters. The highest BCUT2D eigenvalue weighted by atomic mass is 32.2. The van der Waals surface area contributed by atoms with E-state index in [1.54, 1.807) is 54.6 Å². The molecule has 56 heavy (non-hydrogen) atoms. The van der Waals surface area contributed by atoms with Crippen LogP contribution in [0.3, 0.4) is 0 Å². The van der Waals surface area contributed by atoms with Gasteiger partial charge < -0.3 is 9.47 Å². The Balaban J connectivity index is 0.933. The molecule has 4 amide bonds. The lowest BCUT2D eigenvalue weighted by Gasteiger charge is -2.26. The fourth-order valence-corrected chi connectivity index (χ4v) is 8.13. The Labute approximate surface area is 323 Å². The first-order chi connectivity index (χ1) is 26.7. The molecule has 0 radical (unpaired) electrons. The minimum Gasteiger partial charge on any atom is -0.457 e. The Kier molecular flexibility index (Phi) is 8.69. The number of amides is 4. The fourth-order valence-electron chi connectivity index (χ4n) is 6.87. The van der Waals surface area contributed by atoms with Gasteiger partial charge in [-0.25, -0.2) is 13.3 Å². The van der Waals surface area contributed by atoms with E-state index in [1.165, 1.54) is 37.4 Å². The van der Waals surface area contributed by atoms with Crippen molar-refractivity contribution in [2.24, 2.45) is 0 Å². The van der Waals surface area contributed by atoms with Gasteiger partial charge in [0.15, 0.2) is 0 Å². The van der Waals surface area contributed by atoms with E-state index in [2.05, 4.69) is 13.8 Å². The van der Waals surface area contributed by atoms with E-state index in [9.17, 15) is 27.6 Å². The normalized spacial score (nSPS) is 13.9. The second-order valence-electron chi connectivity index (χ2n) is 14.2. The summed E-state index contributed by atoms with van der Waals surface area (Å²) >= 11 is 0. The minimum absolute atomic E-state index is 0.0515. The second-order valence-corrected chi connectivity index (χ2v) is 16.2. The van der Waals surface area contributed by atoms with Gasteiger partial charge in [0.2, 0.25) is 9.84 Å². The molecular weight excluding hydrogens is 729 g/mol. The van der Waals surface area contributed by atoms with Crippen LogP contribution in [-0.4, -0.2) is 44.0 Å². The quantitative estimate of drug-likeness (QED) is 0.134. The van der Waals surface area contributed by atoms with Crippen LogP contribution in [0.2, 0.25) is 0 Å². The van der Waals surface area contributed by atoms with Gasteiger partial charge in [0.25, 0.3) is 23.6 Å². The van der Waals surface area contributed by atoms with Gasteiger partial charge in [0.05, 0.1) is 37.7 Å². The van der Waals surface area contributed by atoms with Gasteiger partial charge in [-0.15, -0.1) is 0 Å². The van der Waals surface area contributed by atoms with Gasteiger partial charge >= 0.3 is 0 Å². The molecule has 0 fully saturated rings. The van der Waals surface area contributed by atoms with Crippen molar-refractivity contribution in [1.29, 1.82) is 0 Å². The molecule has 6 aromatic carbocycles. The highest BCUT2D eigenvalue weighted by molar-refractivity contribution is 7.91. The molecule has 0 spiro atoms. The van der Waals surface area contributed by atoms with E-state index >= 15 is 0 Å². The monoisotopic (exact) mass is 762 g/mol. The first-order valence-corrected chi connectivity index (χ1v) is 19.2. The summed E-state index contributed by atoms with van der Waals surface area (Å²) in [6, 6.07) is 37.1. The first kappa shape index (κ1) is 36.1. The molecular formula is C45H34N2O8S. The summed E-state index contributed by atoms with van der Waals surface area (Å²) in [5.74, 6) is 0.215. The Morgan fingerprint density at radius 1 is 0.482 bits per heavy atom. The van der Waals surface area contributed by atoms with Crippen molar-refractivity contribution >= 4 is 39.2 Å². The van der Waals surface area contributed by atoms with E-state index in [-0.39, 0.29) is 38.4 Å². The van der Waals surface area contributed by atoms with Gasteiger partial charge in [-0.2, -0.15) is 0 Å². The Hall–Kier alpha value is -6.85. The SMILES string of the molecule is Cc1ccc(S(=O)(=O)c2ccc(N3C(=O)c4ccc(Oc5ccc(C(C)(C)c6ccc(Oc7ccc8c(c7)C(=O)N(C)C8=O)cc6)cc5)cc4C3=O)cc2)cc1. The van der Waals surface area contributed by atoms with Crippen molar-refractivity contribution in [2.75, 3.05) is 11.9 Å². The molecule has 0 aliphatic carbocycles. The largest absolute Gasteiger partial charge is 0.457 e. The summed E-state index contributed by atoms with van der Waals surface area (Å²) in [5.41, 5.74) is 3.93. The maximum atomic E-state index is 13.5. The standard InChI is InChI=1S/C45H34N2O8S/c1-27-5-19-35(20-6-27)56(52,53)36-21-11-30(12-22-36)47-43(50)38-24-18-34(26-40(38)44(47)51)55-32-15-9-29(10-16-32)45(2,3)28-7-13-31(14-8-28)54-33-17-23-37-39(25-33)42(49)46(4)41(37)48/h5-26H,1-4H3. The topological polar surface area (TPSA) is 127 Å². The van der Waals surface area contributed by atoms with Crippen molar-refractivity contribution in [2.45, 2.75) is 36.0 Å². The van der Waals surface area contributed by atoms with Crippen LogP contribution in [0.5, 0.6) is 23.0 Å². The van der Waals surface area contributed by atoms with Crippen molar-refractivity contribution in [3.63, 3.8) is 0 Å². The Bertz CT molecular complexity index is 2700. The van der Waals surface area contributed by atoms with E-state index in [0.29, 0.717) is 34.1 Å². The lowest BCUT2D eigenvalue weighted by atomic mass is 9.78. The number of rotatable bonds is 9. The predicted octanol–water partition coefficient (Wildman–Crippen LogP) is 8.76. The van der Waals surface area contributed by atoms with Crippen LogP contribution in [-0.2, 0) is 15.3 Å². The lowest BCUT2D eigenvalue weighted by molar-refractivity contribution is 0.0692. The van der Waals surface area contributed by atoms with Crippen LogP contribution >= 0.6 is 0 Å². The first-order valence-electron chi connectivity index (χ1n) is 17.7. The average molecular weight is 763 g/mol. The summed E-state index contributed by atoms with van der Waals surface area (Å²) in [7, 11) is -2.32. The summed E-state index contributed by atoms with van der Waals surface area (Å²) in [5, 5.41) is 0. The molecule has 10 nitrogen and oxygen atoms in total. The number of sulfone groups is 1. The molecule has 0 saturated carbocycles. The summed E-state index contributed by atoms with van der Waals surface area (Å²) in [4.78, 5) is 53.8. The van der Waals surface area contributed by atoms with Gasteiger partial charge in [-0.1, -0.05) is 55.8 Å². The van der Waals surface area contributed by atoms with Crippen molar-refractivity contribution < 1.29 is 37.1 Å². The maximum Gasteiger partial charge on any atom is 0.266 e. The number of carbonyl (C=O) groups excluding carboxylic acids is 4. The molecule has 2 aliphatic rings. The number of nitrogens with zero attached hydrogens (tertiary/aromatic N) is 2.